The molecule has 1 aromatic carbocycles. The molecule has 1 heterocycles. The predicted molar refractivity (Wildman–Crippen MR) is 99.3 cm³/mol. The summed E-state index contributed by atoms with van der Waals surface area (Å²) in [5.74, 6) is 0.0975. The quantitative estimate of drug-likeness (QED) is 0.422. The van der Waals surface area contributed by atoms with Crippen LogP contribution in [0.3, 0.4) is 0 Å². The number of carbonyl (C=O) groups is 2. The monoisotopic (exact) mass is 428 g/mol. The van der Waals surface area contributed by atoms with Crippen LogP contribution in [0.1, 0.15) is 12.5 Å². The average molecular weight is 429 g/mol. The summed E-state index contributed by atoms with van der Waals surface area (Å²) in [5.41, 5.74) is 1.07. The summed E-state index contributed by atoms with van der Waals surface area (Å²) in [4.78, 5) is 25.0. The summed E-state index contributed by atoms with van der Waals surface area (Å²) in [6, 6.07) is 3.35. The van der Waals surface area contributed by atoms with Gasteiger partial charge >= 0.3 is 5.97 Å². The molecule has 1 fully saturated rings. The molecule has 0 unspecified atom stereocenters. The maximum Gasteiger partial charge on any atom is 0.343 e. The number of ether oxygens (including phenoxy) is 3. The van der Waals surface area contributed by atoms with E-state index in [1.165, 1.54) is 19.1 Å². The SMILES string of the molecule is CCN1C(=O)/C(=C/c2cc(OC)c(OCC(=O)OC)cc2Br)NC1=S. The van der Waals surface area contributed by atoms with Crippen molar-refractivity contribution < 1.29 is 23.8 Å². The van der Waals surface area contributed by atoms with E-state index in [-0.39, 0.29) is 12.5 Å². The first-order valence-corrected chi connectivity index (χ1v) is 8.53. The van der Waals surface area contributed by atoms with Crippen molar-refractivity contribution in [1.82, 2.24) is 10.2 Å². The molecule has 134 valence electrons. The second-order valence-electron chi connectivity index (χ2n) is 4.93. The number of thiocarbonyl (C=S) groups is 1. The van der Waals surface area contributed by atoms with E-state index in [0.29, 0.717) is 38.9 Å². The zero-order valence-corrected chi connectivity index (χ0v) is 16.3. The molecule has 2 rings (SSSR count). The number of carbonyl (C=O) groups excluding carboxylic acids is 2. The van der Waals surface area contributed by atoms with Gasteiger partial charge in [-0.1, -0.05) is 15.9 Å². The van der Waals surface area contributed by atoms with Gasteiger partial charge in [-0.15, -0.1) is 0 Å². The minimum atomic E-state index is -0.502. The Morgan fingerprint density at radius 3 is 2.64 bits per heavy atom. The van der Waals surface area contributed by atoms with Crippen molar-refractivity contribution in [2.75, 3.05) is 27.4 Å². The lowest BCUT2D eigenvalue weighted by Crippen LogP contribution is -2.30. The summed E-state index contributed by atoms with van der Waals surface area (Å²) in [7, 11) is 2.77. The smallest absolute Gasteiger partial charge is 0.343 e. The number of halogens is 1. The molecule has 0 bridgehead atoms. The Hall–Kier alpha value is -2.13. The highest BCUT2D eigenvalue weighted by molar-refractivity contribution is 9.10. The topological polar surface area (TPSA) is 77.1 Å². The van der Waals surface area contributed by atoms with Gasteiger partial charge in [0.1, 0.15) is 5.70 Å². The molecule has 1 saturated heterocycles. The molecule has 25 heavy (non-hydrogen) atoms. The first-order chi connectivity index (χ1) is 11.9. The third-order valence-electron chi connectivity index (χ3n) is 3.43. The molecule has 0 aromatic heterocycles. The van der Waals surface area contributed by atoms with E-state index in [9.17, 15) is 9.59 Å². The number of nitrogens with one attached hydrogen (secondary N) is 1. The van der Waals surface area contributed by atoms with Crippen molar-refractivity contribution in [1.29, 1.82) is 0 Å². The molecule has 0 saturated carbocycles. The number of hydrogen-bond donors (Lipinski definition) is 1. The molecule has 0 atom stereocenters. The van der Waals surface area contributed by atoms with E-state index in [1.54, 1.807) is 18.2 Å². The van der Waals surface area contributed by atoms with Gasteiger partial charge < -0.3 is 19.5 Å². The van der Waals surface area contributed by atoms with Gasteiger partial charge in [-0.25, -0.2) is 4.79 Å². The number of esters is 1. The largest absolute Gasteiger partial charge is 0.493 e. The van der Waals surface area contributed by atoms with Crippen molar-refractivity contribution in [3.8, 4) is 11.5 Å². The maximum atomic E-state index is 12.3. The molecular formula is C16H17BrN2O5S. The summed E-state index contributed by atoms with van der Waals surface area (Å²) in [5, 5.41) is 3.27. The highest BCUT2D eigenvalue weighted by Crippen LogP contribution is 2.35. The summed E-state index contributed by atoms with van der Waals surface area (Å²) < 4.78 is 15.9. The van der Waals surface area contributed by atoms with E-state index in [1.807, 2.05) is 6.92 Å². The summed E-state index contributed by atoms with van der Waals surface area (Å²) in [6.45, 7) is 2.10. The van der Waals surface area contributed by atoms with Crippen LogP contribution in [0.15, 0.2) is 22.3 Å². The second kappa shape index (κ2) is 8.30. The highest BCUT2D eigenvalue weighted by Gasteiger charge is 2.29. The van der Waals surface area contributed by atoms with Crippen LogP contribution in [0.25, 0.3) is 6.08 Å². The van der Waals surface area contributed by atoms with E-state index >= 15 is 0 Å². The number of nitrogens with zero attached hydrogens (tertiary/aromatic N) is 1. The first kappa shape index (κ1) is 19.2. The van der Waals surface area contributed by atoms with Crippen molar-refractivity contribution in [3.05, 3.63) is 27.9 Å². The van der Waals surface area contributed by atoms with Gasteiger partial charge in [0, 0.05) is 11.0 Å². The maximum absolute atomic E-state index is 12.3. The number of rotatable bonds is 6. The predicted octanol–water partition coefficient (Wildman–Crippen LogP) is 2.09. The van der Waals surface area contributed by atoms with Gasteiger partial charge in [-0.2, -0.15) is 0 Å². The zero-order chi connectivity index (χ0) is 18.6. The number of amides is 1. The van der Waals surface area contributed by atoms with Crippen LogP contribution < -0.4 is 14.8 Å². The highest BCUT2D eigenvalue weighted by atomic mass is 79.9. The Balaban J connectivity index is 2.31. The lowest BCUT2D eigenvalue weighted by atomic mass is 10.1. The van der Waals surface area contributed by atoms with Crippen LogP contribution in [0, 0.1) is 0 Å². The third kappa shape index (κ3) is 4.29. The fraction of sp³-hybridized carbons (Fsp3) is 0.312. The van der Waals surface area contributed by atoms with E-state index in [4.69, 9.17) is 21.7 Å². The van der Waals surface area contributed by atoms with E-state index in [0.717, 1.165) is 0 Å². The van der Waals surface area contributed by atoms with Crippen molar-refractivity contribution >= 4 is 51.2 Å². The Bertz CT molecular complexity index is 750. The molecule has 9 heteroatoms. The van der Waals surface area contributed by atoms with Crippen LogP contribution in [0.5, 0.6) is 11.5 Å². The van der Waals surface area contributed by atoms with E-state index in [2.05, 4.69) is 26.0 Å². The van der Waals surface area contributed by atoms with Gasteiger partial charge in [0.25, 0.3) is 5.91 Å². The van der Waals surface area contributed by atoms with Gasteiger partial charge in [0.2, 0.25) is 0 Å². The zero-order valence-electron chi connectivity index (χ0n) is 13.9. The molecule has 1 N–H and O–H groups in total. The van der Waals surface area contributed by atoms with Crippen LogP contribution in [0.4, 0.5) is 0 Å². The number of benzene rings is 1. The van der Waals surface area contributed by atoms with Gasteiger partial charge in [0.15, 0.2) is 23.2 Å². The standard InChI is InChI=1S/C16H17BrN2O5S/c1-4-19-15(21)11(18-16(19)25)5-9-6-12(22-2)13(7-10(9)17)24-8-14(20)23-3/h5-7H,4,8H2,1-3H3,(H,18,25)/b11-5-. The Morgan fingerprint density at radius 2 is 2.08 bits per heavy atom. The molecule has 0 radical (unpaired) electrons. The van der Waals surface area contributed by atoms with Crippen molar-refractivity contribution in [3.63, 3.8) is 0 Å². The summed E-state index contributed by atoms with van der Waals surface area (Å²) >= 11 is 8.56. The molecule has 1 aliphatic rings. The normalized spacial score (nSPS) is 15.4. The number of hydrogen-bond acceptors (Lipinski definition) is 6. The van der Waals surface area contributed by atoms with Gasteiger partial charge in [0.05, 0.1) is 14.2 Å². The van der Waals surface area contributed by atoms with Gasteiger partial charge in [-0.05, 0) is 42.9 Å². The molecular weight excluding hydrogens is 412 g/mol. The summed E-state index contributed by atoms with van der Waals surface area (Å²) in [6.07, 6.45) is 1.67. The minimum absolute atomic E-state index is 0.190. The molecule has 0 aliphatic carbocycles. The Morgan fingerprint density at radius 1 is 1.36 bits per heavy atom. The van der Waals surface area contributed by atoms with Crippen LogP contribution in [0.2, 0.25) is 0 Å². The Kier molecular flexibility index (Phi) is 6.38. The Labute approximate surface area is 159 Å². The van der Waals surface area contributed by atoms with Gasteiger partial charge in [-0.3, -0.25) is 9.69 Å². The molecule has 7 nitrogen and oxygen atoms in total. The molecule has 1 amide bonds. The molecule has 1 aromatic rings. The van der Waals surface area contributed by atoms with Crippen molar-refractivity contribution in [2.45, 2.75) is 6.92 Å². The minimum Gasteiger partial charge on any atom is -0.493 e. The lowest BCUT2D eigenvalue weighted by Gasteiger charge is -2.12. The van der Waals surface area contributed by atoms with Crippen LogP contribution in [-0.2, 0) is 14.3 Å². The average Bonchev–Trinajstić information content (AvgIpc) is 2.87. The van der Waals surface area contributed by atoms with Crippen LogP contribution in [-0.4, -0.2) is 49.3 Å². The fourth-order valence-corrected chi connectivity index (χ4v) is 2.90. The van der Waals surface area contributed by atoms with Crippen LogP contribution >= 0.6 is 28.1 Å². The third-order valence-corrected chi connectivity index (χ3v) is 4.44. The lowest BCUT2D eigenvalue weighted by molar-refractivity contribution is -0.142. The first-order valence-electron chi connectivity index (χ1n) is 7.33. The molecule has 1 aliphatic heterocycles. The number of likely N-dealkylation sites (N-methyl/N-ethyl adjacent to an activating group) is 1. The number of methoxy groups -OCH3 is 2. The van der Waals surface area contributed by atoms with Crippen molar-refractivity contribution in [2.24, 2.45) is 0 Å². The van der Waals surface area contributed by atoms with E-state index < -0.39 is 5.97 Å². The second-order valence-corrected chi connectivity index (χ2v) is 6.17. The molecule has 0 spiro atoms. The fourth-order valence-electron chi connectivity index (χ4n) is 2.14.